The zero-order valence-electron chi connectivity index (χ0n) is 7.98. The van der Waals surface area contributed by atoms with Gasteiger partial charge in [0.2, 0.25) is 0 Å². The molecule has 0 saturated carbocycles. The Bertz CT molecular complexity index is 198. The molecular weight excluding hydrogens is 184 g/mol. The second kappa shape index (κ2) is 7.91. The molecule has 0 amide bonds. The lowest BCUT2D eigenvalue weighted by atomic mass is 10.4. The highest BCUT2D eigenvalue weighted by molar-refractivity contribution is 5.81. The summed E-state index contributed by atoms with van der Waals surface area (Å²) in [7, 11) is 0. The molecular formula is C10H14O4. The Morgan fingerprint density at radius 2 is 1.64 bits per heavy atom. The second-order valence-corrected chi connectivity index (χ2v) is 2.26. The molecule has 0 radical (unpaired) electrons. The van der Waals surface area contributed by atoms with E-state index < -0.39 is 12.1 Å². The molecule has 0 aliphatic carbocycles. The van der Waals surface area contributed by atoms with Crippen molar-refractivity contribution in [1.82, 2.24) is 0 Å². The van der Waals surface area contributed by atoms with Gasteiger partial charge in [0, 0.05) is 6.08 Å². The van der Waals surface area contributed by atoms with Gasteiger partial charge in [0.15, 0.2) is 6.10 Å². The maximum Gasteiger partial charge on any atom is 0.330 e. The van der Waals surface area contributed by atoms with Crippen LogP contribution in [0.25, 0.3) is 0 Å². The van der Waals surface area contributed by atoms with Gasteiger partial charge in [0.25, 0.3) is 0 Å². The van der Waals surface area contributed by atoms with Crippen LogP contribution >= 0.6 is 0 Å². The number of carbonyl (C=O) groups excluding carboxylic acids is 1. The minimum Gasteiger partial charge on any atom is -0.498 e. The summed E-state index contributed by atoms with van der Waals surface area (Å²) in [5.41, 5.74) is 0. The fourth-order valence-corrected chi connectivity index (χ4v) is 0.679. The van der Waals surface area contributed by atoms with E-state index in [1.807, 2.05) is 0 Å². The van der Waals surface area contributed by atoms with Gasteiger partial charge in [-0.2, -0.15) is 0 Å². The van der Waals surface area contributed by atoms with E-state index >= 15 is 0 Å². The molecule has 14 heavy (non-hydrogen) atoms. The Balaban J connectivity index is 3.94. The van der Waals surface area contributed by atoms with Crippen molar-refractivity contribution in [2.75, 3.05) is 13.2 Å². The largest absolute Gasteiger partial charge is 0.498 e. The first-order valence-electron chi connectivity index (χ1n) is 4.02. The van der Waals surface area contributed by atoms with E-state index in [0.29, 0.717) is 0 Å². The first-order valence-corrected chi connectivity index (χ1v) is 4.02. The highest BCUT2D eigenvalue weighted by Crippen LogP contribution is 1.97. The van der Waals surface area contributed by atoms with Crippen LogP contribution in [-0.4, -0.2) is 25.3 Å². The van der Waals surface area contributed by atoms with Gasteiger partial charge in [0.05, 0.1) is 12.5 Å². The first kappa shape index (κ1) is 12.3. The topological polar surface area (TPSA) is 44.8 Å². The summed E-state index contributed by atoms with van der Waals surface area (Å²) in [5, 5.41) is 0. The Kier molecular flexibility index (Phi) is 6.95. The van der Waals surface area contributed by atoms with Crippen LogP contribution in [0.3, 0.4) is 0 Å². The molecule has 0 N–H and O–H groups in total. The van der Waals surface area contributed by atoms with Crippen LogP contribution in [0.4, 0.5) is 0 Å². The summed E-state index contributed by atoms with van der Waals surface area (Å²) in [6, 6.07) is 0. The summed E-state index contributed by atoms with van der Waals surface area (Å²) < 4.78 is 14.7. The lowest BCUT2D eigenvalue weighted by Crippen LogP contribution is -2.26. The van der Waals surface area contributed by atoms with E-state index in [4.69, 9.17) is 14.2 Å². The van der Waals surface area contributed by atoms with Gasteiger partial charge in [-0.15, -0.1) is 0 Å². The molecule has 0 aromatic rings. The van der Waals surface area contributed by atoms with Crippen LogP contribution in [0.5, 0.6) is 0 Å². The third kappa shape index (κ3) is 5.88. The molecule has 78 valence electrons. The fraction of sp³-hybridized carbons (Fsp3) is 0.300. The van der Waals surface area contributed by atoms with Crippen LogP contribution in [0.2, 0.25) is 0 Å². The van der Waals surface area contributed by atoms with E-state index in [1.54, 1.807) is 0 Å². The monoisotopic (exact) mass is 198 g/mol. The lowest BCUT2D eigenvalue weighted by molar-refractivity contribution is -0.147. The van der Waals surface area contributed by atoms with Crippen LogP contribution in [-0.2, 0) is 19.0 Å². The van der Waals surface area contributed by atoms with E-state index in [9.17, 15) is 4.79 Å². The molecule has 4 heteroatoms. The maximum absolute atomic E-state index is 10.8. The normalized spacial score (nSPS) is 8.93. The van der Waals surface area contributed by atoms with Crippen molar-refractivity contribution in [1.29, 1.82) is 0 Å². The van der Waals surface area contributed by atoms with Crippen LogP contribution < -0.4 is 0 Å². The quantitative estimate of drug-likeness (QED) is 0.336. The van der Waals surface area contributed by atoms with Gasteiger partial charge in [0.1, 0.15) is 13.2 Å². The predicted octanol–water partition coefficient (Wildman–Crippen LogP) is 1.40. The molecule has 0 atom stereocenters. The number of hydrogen-bond donors (Lipinski definition) is 0. The van der Waals surface area contributed by atoms with Crippen molar-refractivity contribution >= 4 is 5.97 Å². The molecule has 4 nitrogen and oxygen atoms in total. The molecule has 0 heterocycles. The lowest BCUT2D eigenvalue weighted by Gasteiger charge is -2.15. The van der Waals surface area contributed by atoms with Crippen molar-refractivity contribution in [3.05, 3.63) is 38.3 Å². The molecule has 0 bridgehead atoms. The van der Waals surface area contributed by atoms with E-state index in [1.165, 1.54) is 12.5 Å². The summed E-state index contributed by atoms with van der Waals surface area (Å²) in [6.45, 7) is 10.4. The highest BCUT2D eigenvalue weighted by Gasteiger charge is 2.12. The molecule has 0 aliphatic heterocycles. The van der Waals surface area contributed by atoms with Crippen LogP contribution in [0, 0.1) is 0 Å². The van der Waals surface area contributed by atoms with Gasteiger partial charge in [-0.3, -0.25) is 0 Å². The van der Waals surface area contributed by atoms with Gasteiger partial charge in [-0.05, 0) is 0 Å². The minimum atomic E-state index is -0.518. The van der Waals surface area contributed by atoms with Crippen LogP contribution in [0.15, 0.2) is 38.3 Å². The average molecular weight is 198 g/mol. The standard InChI is InChI=1S/C10H14O4/c1-4-10(11)14-9(7-12-5-2)8-13-6-3/h4-6,9H,1-3,7-8H2. The molecule has 0 aromatic carbocycles. The third-order valence-corrected chi connectivity index (χ3v) is 1.25. The number of ether oxygens (including phenoxy) is 3. The molecule has 0 aromatic heterocycles. The Morgan fingerprint density at radius 1 is 1.14 bits per heavy atom. The van der Waals surface area contributed by atoms with Gasteiger partial charge < -0.3 is 14.2 Å². The Hall–Kier alpha value is -1.71. The summed E-state index contributed by atoms with van der Waals surface area (Å²) in [5.74, 6) is -0.518. The SMILES string of the molecule is C=COCC(COC=C)OC(=O)C=C. The summed E-state index contributed by atoms with van der Waals surface area (Å²) >= 11 is 0. The van der Waals surface area contributed by atoms with Crippen molar-refractivity contribution in [2.24, 2.45) is 0 Å². The molecule has 0 fully saturated rings. The smallest absolute Gasteiger partial charge is 0.330 e. The van der Waals surface area contributed by atoms with Crippen molar-refractivity contribution in [2.45, 2.75) is 6.10 Å². The molecule has 0 saturated heterocycles. The average Bonchev–Trinajstić information content (AvgIpc) is 2.21. The maximum atomic E-state index is 10.8. The zero-order valence-corrected chi connectivity index (χ0v) is 7.98. The highest BCUT2D eigenvalue weighted by atomic mass is 16.6. The second-order valence-electron chi connectivity index (χ2n) is 2.26. The molecule has 0 aliphatic rings. The van der Waals surface area contributed by atoms with E-state index in [0.717, 1.165) is 6.08 Å². The van der Waals surface area contributed by atoms with E-state index in [2.05, 4.69) is 19.7 Å². The van der Waals surface area contributed by atoms with Crippen molar-refractivity contribution in [3.8, 4) is 0 Å². The Morgan fingerprint density at radius 3 is 2.00 bits per heavy atom. The molecule has 0 rings (SSSR count). The number of rotatable bonds is 8. The number of esters is 1. The number of carbonyl (C=O) groups is 1. The predicted molar refractivity (Wildman–Crippen MR) is 52.4 cm³/mol. The number of hydrogen-bond acceptors (Lipinski definition) is 4. The summed E-state index contributed by atoms with van der Waals surface area (Å²) in [6.07, 6.45) is 3.12. The Labute approximate surface area is 83.5 Å². The molecule has 0 spiro atoms. The summed E-state index contributed by atoms with van der Waals surface area (Å²) in [4.78, 5) is 10.8. The van der Waals surface area contributed by atoms with Crippen molar-refractivity contribution in [3.63, 3.8) is 0 Å². The first-order chi connectivity index (χ1) is 6.74. The van der Waals surface area contributed by atoms with Gasteiger partial charge >= 0.3 is 5.97 Å². The van der Waals surface area contributed by atoms with Crippen molar-refractivity contribution < 1.29 is 19.0 Å². The van der Waals surface area contributed by atoms with E-state index in [-0.39, 0.29) is 13.2 Å². The zero-order chi connectivity index (χ0) is 10.8. The minimum absolute atomic E-state index is 0.191. The fourth-order valence-electron chi connectivity index (χ4n) is 0.679. The van der Waals surface area contributed by atoms with Crippen LogP contribution in [0.1, 0.15) is 0 Å². The van der Waals surface area contributed by atoms with Gasteiger partial charge in [-0.25, -0.2) is 4.79 Å². The third-order valence-electron chi connectivity index (χ3n) is 1.25. The van der Waals surface area contributed by atoms with Gasteiger partial charge in [-0.1, -0.05) is 19.7 Å². The molecule has 0 unspecified atom stereocenters.